The lowest BCUT2D eigenvalue weighted by Crippen LogP contribution is -1.97. The summed E-state index contributed by atoms with van der Waals surface area (Å²) in [5, 5.41) is 18.0. The Morgan fingerprint density at radius 1 is 1.46 bits per heavy atom. The highest BCUT2D eigenvalue weighted by atomic mass is 16.5. The smallest absolute Gasteiger partial charge is 0.339 e. The Labute approximate surface area is 74.4 Å². The Kier molecular flexibility index (Phi) is 1.62. The van der Waals surface area contributed by atoms with Crippen LogP contribution in [0.25, 0.3) is 0 Å². The van der Waals surface area contributed by atoms with Crippen molar-refractivity contribution >= 4 is 5.97 Å². The van der Waals surface area contributed by atoms with Crippen LogP contribution >= 0.6 is 0 Å². The lowest BCUT2D eigenvalue weighted by molar-refractivity contribution is 0.0693. The normalized spacial score (nSPS) is 13.5. The minimum absolute atomic E-state index is 0.111. The summed E-state index contributed by atoms with van der Waals surface area (Å²) >= 11 is 0. The van der Waals surface area contributed by atoms with E-state index in [1.165, 1.54) is 12.1 Å². The summed E-state index contributed by atoms with van der Waals surface area (Å²) < 4.78 is 5.17. The number of carbonyl (C=O) groups is 1. The third-order valence-electron chi connectivity index (χ3n) is 2.04. The van der Waals surface area contributed by atoms with Gasteiger partial charge < -0.3 is 14.9 Å². The van der Waals surface area contributed by atoms with E-state index >= 15 is 0 Å². The van der Waals surface area contributed by atoms with E-state index in [0.717, 1.165) is 12.0 Å². The molecule has 0 aliphatic carbocycles. The van der Waals surface area contributed by atoms with E-state index in [-0.39, 0.29) is 11.3 Å². The maximum Gasteiger partial charge on any atom is 0.339 e. The molecule has 4 nitrogen and oxygen atoms in total. The van der Waals surface area contributed by atoms with Crippen LogP contribution in [0.1, 0.15) is 15.9 Å². The van der Waals surface area contributed by atoms with Gasteiger partial charge in [-0.1, -0.05) is 0 Å². The monoisotopic (exact) mass is 180 g/mol. The van der Waals surface area contributed by atoms with Crippen LogP contribution < -0.4 is 4.74 Å². The Bertz CT molecular complexity index is 370. The van der Waals surface area contributed by atoms with E-state index in [4.69, 9.17) is 9.84 Å². The van der Waals surface area contributed by atoms with Crippen LogP contribution in [-0.4, -0.2) is 22.8 Å². The Hall–Kier alpha value is -1.71. The van der Waals surface area contributed by atoms with Crippen molar-refractivity contribution in [3.63, 3.8) is 0 Å². The van der Waals surface area contributed by atoms with Gasteiger partial charge in [-0.05, 0) is 12.1 Å². The maximum absolute atomic E-state index is 10.6. The van der Waals surface area contributed by atoms with Crippen LogP contribution in [-0.2, 0) is 6.42 Å². The van der Waals surface area contributed by atoms with Crippen molar-refractivity contribution in [2.75, 3.05) is 6.61 Å². The average Bonchev–Trinajstić information content (AvgIpc) is 2.48. The Balaban J connectivity index is 2.55. The van der Waals surface area contributed by atoms with E-state index in [1.54, 1.807) is 0 Å². The standard InChI is InChI=1S/C9H8O4/c10-7-3-5-1-2-13-8(5)4-6(7)9(11)12/h3-4,10H,1-2H2,(H,11,12). The molecule has 13 heavy (non-hydrogen) atoms. The van der Waals surface area contributed by atoms with E-state index in [0.29, 0.717) is 12.4 Å². The Morgan fingerprint density at radius 3 is 2.92 bits per heavy atom. The lowest BCUT2D eigenvalue weighted by Gasteiger charge is -2.02. The van der Waals surface area contributed by atoms with Gasteiger partial charge in [0, 0.05) is 12.0 Å². The van der Waals surface area contributed by atoms with Crippen LogP contribution in [0.2, 0.25) is 0 Å². The average molecular weight is 180 g/mol. The fraction of sp³-hybridized carbons (Fsp3) is 0.222. The van der Waals surface area contributed by atoms with Crippen molar-refractivity contribution in [3.8, 4) is 11.5 Å². The molecule has 2 rings (SSSR count). The van der Waals surface area contributed by atoms with E-state index in [1.807, 2.05) is 0 Å². The fourth-order valence-corrected chi connectivity index (χ4v) is 1.38. The summed E-state index contributed by atoms with van der Waals surface area (Å²) in [5.74, 6) is -0.775. The van der Waals surface area contributed by atoms with Crippen LogP contribution in [0.3, 0.4) is 0 Å². The predicted molar refractivity (Wildman–Crippen MR) is 44.3 cm³/mol. The molecule has 1 aromatic carbocycles. The minimum Gasteiger partial charge on any atom is -0.507 e. The molecule has 0 unspecified atom stereocenters. The van der Waals surface area contributed by atoms with Gasteiger partial charge in [0.05, 0.1) is 6.61 Å². The quantitative estimate of drug-likeness (QED) is 0.677. The molecule has 1 aromatic rings. The van der Waals surface area contributed by atoms with Crippen molar-refractivity contribution in [2.24, 2.45) is 0 Å². The molecule has 1 aliphatic rings. The molecular formula is C9H8O4. The van der Waals surface area contributed by atoms with Crippen molar-refractivity contribution in [1.82, 2.24) is 0 Å². The van der Waals surface area contributed by atoms with Gasteiger partial charge in [-0.25, -0.2) is 4.79 Å². The highest BCUT2D eigenvalue weighted by Crippen LogP contribution is 2.31. The zero-order chi connectivity index (χ0) is 9.42. The lowest BCUT2D eigenvalue weighted by atomic mass is 10.1. The van der Waals surface area contributed by atoms with Gasteiger partial charge in [-0.15, -0.1) is 0 Å². The largest absolute Gasteiger partial charge is 0.507 e. The van der Waals surface area contributed by atoms with Crippen LogP contribution in [0.4, 0.5) is 0 Å². The molecule has 0 fully saturated rings. The van der Waals surface area contributed by atoms with Crippen LogP contribution in [0.5, 0.6) is 11.5 Å². The second-order valence-electron chi connectivity index (χ2n) is 2.88. The SMILES string of the molecule is O=C(O)c1cc2c(cc1O)CCO2. The van der Waals surface area contributed by atoms with Crippen LogP contribution in [0.15, 0.2) is 12.1 Å². The minimum atomic E-state index is -1.14. The number of carboxylic acid groups (broad SMARTS) is 1. The summed E-state index contributed by atoms with van der Waals surface area (Å²) in [4.78, 5) is 10.6. The molecule has 2 N–H and O–H groups in total. The first-order chi connectivity index (χ1) is 6.18. The number of rotatable bonds is 1. The molecule has 0 bridgehead atoms. The number of phenols is 1. The van der Waals surface area contributed by atoms with Crippen molar-refractivity contribution in [2.45, 2.75) is 6.42 Å². The van der Waals surface area contributed by atoms with E-state index in [2.05, 4.69) is 0 Å². The molecule has 1 heterocycles. The first-order valence-corrected chi connectivity index (χ1v) is 3.90. The highest BCUT2D eigenvalue weighted by molar-refractivity contribution is 5.91. The molecule has 0 saturated carbocycles. The van der Waals surface area contributed by atoms with E-state index < -0.39 is 5.97 Å². The molecule has 0 amide bonds. The van der Waals surface area contributed by atoms with Crippen LogP contribution in [0, 0.1) is 0 Å². The first kappa shape index (κ1) is 7.91. The summed E-state index contributed by atoms with van der Waals surface area (Å²) in [7, 11) is 0. The highest BCUT2D eigenvalue weighted by Gasteiger charge is 2.18. The summed E-state index contributed by atoms with van der Waals surface area (Å²) in [6.45, 7) is 0.553. The first-order valence-electron chi connectivity index (χ1n) is 3.90. The molecule has 0 aromatic heterocycles. The van der Waals surface area contributed by atoms with Gasteiger partial charge in [0.2, 0.25) is 0 Å². The van der Waals surface area contributed by atoms with Gasteiger partial charge in [-0.3, -0.25) is 0 Å². The second-order valence-corrected chi connectivity index (χ2v) is 2.88. The fourth-order valence-electron chi connectivity index (χ4n) is 1.38. The van der Waals surface area contributed by atoms with E-state index in [9.17, 15) is 9.90 Å². The predicted octanol–water partition coefficient (Wildman–Crippen LogP) is 1.03. The third-order valence-corrected chi connectivity index (χ3v) is 2.04. The number of ether oxygens (including phenoxy) is 1. The summed E-state index contributed by atoms with van der Waals surface area (Å²) in [6, 6.07) is 2.81. The molecule has 0 saturated heterocycles. The van der Waals surface area contributed by atoms with Gasteiger partial charge in [0.15, 0.2) is 0 Å². The van der Waals surface area contributed by atoms with Crippen molar-refractivity contribution in [3.05, 3.63) is 23.3 Å². The second kappa shape index (κ2) is 2.65. The number of fused-ring (bicyclic) bond motifs is 1. The number of benzene rings is 1. The van der Waals surface area contributed by atoms with Gasteiger partial charge >= 0.3 is 5.97 Å². The topological polar surface area (TPSA) is 66.8 Å². The summed E-state index contributed by atoms with van der Waals surface area (Å²) in [6.07, 6.45) is 0.725. The third kappa shape index (κ3) is 1.20. The van der Waals surface area contributed by atoms with Crippen molar-refractivity contribution in [1.29, 1.82) is 0 Å². The molecular weight excluding hydrogens is 172 g/mol. The van der Waals surface area contributed by atoms with Gasteiger partial charge in [0.1, 0.15) is 17.1 Å². The summed E-state index contributed by atoms with van der Waals surface area (Å²) in [5.41, 5.74) is 0.753. The van der Waals surface area contributed by atoms with Gasteiger partial charge in [0.25, 0.3) is 0 Å². The molecule has 0 atom stereocenters. The maximum atomic E-state index is 10.6. The number of hydrogen-bond donors (Lipinski definition) is 2. The van der Waals surface area contributed by atoms with Gasteiger partial charge in [-0.2, -0.15) is 0 Å². The van der Waals surface area contributed by atoms with Crippen molar-refractivity contribution < 1.29 is 19.7 Å². The number of aromatic hydroxyl groups is 1. The zero-order valence-corrected chi connectivity index (χ0v) is 6.78. The molecule has 0 radical (unpaired) electrons. The number of carboxylic acids is 1. The molecule has 1 aliphatic heterocycles. The number of hydrogen-bond acceptors (Lipinski definition) is 3. The zero-order valence-electron chi connectivity index (χ0n) is 6.78. The molecule has 0 spiro atoms. The molecule has 68 valence electrons. The number of aromatic carboxylic acids is 1. The molecule has 4 heteroatoms. The Morgan fingerprint density at radius 2 is 2.23 bits per heavy atom.